The molecule has 1 aromatic heterocycles. The summed E-state index contributed by atoms with van der Waals surface area (Å²) in [6.07, 6.45) is 1.70. The molecule has 0 aliphatic rings. The number of hydrogen-bond donors (Lipinski definition) is 1. The lowest BCUT2D eigenvalue weighted by atomic mass is 10.1. The fourth-order valence-corrected chi connectivity index (χ4v) is 1.78. The molecule has 0 saturated carbocycles. The molecule has 21 heavy (non-hydrogen) atoms. The first-order valence-electron chi connectivity index (χ1n) is 6.97. The highest BCUT2D eigenvalue weighted by Crippen LogP contribution is 2.24. The third-order valence-corrected chi connectivity index (χ3v) is 2.99. The van der Waals surface area contributed by atoms with E-state index >= 15 is 0 Å². The molecule has 0 spiro atoms. The van der Waals surface area contributed by atoms with E-state index in [4.69, 9.17) is 4.74 Å². The molecule has 0 saturated heterocycles. The Kier molecular flexibility index (Phi) is 4.58. The van der Waals surface area contributed by atoms with Gasteiger partial charge in [-0.1, -0.05) is 6.07 Å². The summed E-state index contributed by atoms with van der Waals surface area (Å²) < 4.78 is 19.0. The summed E-state index contributed by atoms with van der Waals surface area (Å²) in [6.45, 7) is 8.94. The molecule has 1 N–H and O–H groups in total. The van der Waals surface area contributed by atoms with Crippen LogP contribution in [0.25, 0.3) is 0 Å². The Labute approximate surface area is 125 Å². The second-order valence-electron chi connectivity index (χ2n) is 6.12. The highest BCUT2D eigenvalue weighted by molar-refractivity contribution is 5.36. The fourth-order valence-electron chi connectivity index (χ4n) is 1.78. The lowest BCUT2D eigenvalue weighted by Crippen LogP contribution is -2.35. The van der Waals surface area contributed by atoms with Crippen LogP contribution in [0.4, 0.5) is 4.39 Å². The molecule has 0 radical (unpaired) electrons. The second kappa shape index (κ2) is 6.22. The van der Waals surface area contributed by atoms with Gasteiger partial charge in [0.05, 0.1) is 0 Å². The summed E-state index contributed by atoms with van der Waals surface area (Å²) >= 11 is 0. The summed E-state index contributed by atoms with van der Waals surface area (Å²) in [5.41, 5.74) is 1.99. The quantitative estimate of drug-likeness (QED) is 0.915. The lowest BCUT2D eigenvalue weighted by Gasteiger charge is -2.20. The van der Waals surface area contributed by atoms with Crippen LogP contribution in [0.15, 0.2) is 36.5 Å². The highest BCUT2D eigenvalue weighted by atomic mass is 19.1. The smallest absolute Gasteiger partial charge is 0.219 e. The number of aryl methyl sites for hydroxylation is 1. The Balaban J connectivity index is 2.12. The molecule has 112 valence electrons. The molecule has 2 rings (SSSR count). The van der Waals surface area contributed by atoms with Gasteiger partial charge in [-0.25, -0.2) is 9.37 Å². The molecule has 0 unspecified atom stereocenters. The van der Waals surface area contributed by atoms with E-state index in [2.05, 4.69) is 31.1 Å². The molecular weight excluding hydrogens is 267 g/mol. The van der Waals surface area contributed by atoms with E-state index in [0.29, 0.717) is 11.6 Å². The zero-order chi connectivity index (χ0) is 15.5. The van der Waals surface area contributed by atoms with Crippen LogP contribution in [-0.4, -0.2) is 10.5 Å². The number of hydrogen-bond acceptors (Lipinski definition) is 3. The van der Waals surface area contributed by atoms with Crippen molar-refractivity contribution < 1.29 is 9.13 Å². The maximum absolute atomic E-state index is 13.3. The van der Waals surface area contributed by atoms with Crippen LogP contribution in [-0.2, 0) is 6.54 Å². The van der Waals surface area contributed by atoms with Crippen molar-refractivity contribution in [2.45, 2.75) is 39.8 Å². The van der Waals surface area contributed by atoms with E-state index in [1.807, 2.05) is 19.1 Å². The minimum atomic E-state index is -0.318. The zero-order valence-corrected chi connectivity index (χ0v) is 12.9. The monoisotopic (exact) mass is 288 g/mol. The van der Waals surface area contributed by atoms with E-state index < -0.39 is 0 Å². The minimum absolute atomic E-state index is 0.0451. The van der Waals surface area contributed by atoms with Gasteiger partial charge in [-0.3, -0.25) is 0 Å². The molecule has 3 nitrogen and oxygen atoms in total. The third kappa shape index (κ3) is 4.83. The van der Waals surface area contributed by atoms with Crippen LogP contribution < -0.4 is 10.1 Å². The first kappa shape index (κ1) is 15.4. The van der Waals surface area contributed by atoms with Gasteiger partial charge in [-0.2, -0.15) is 0 Å². The number of ether oxygens (including phenoxy) is 1. The highest BCUT2D eigenvalue weighted by Gasteiger charge is 2.09. The van der Waals surface area contributed by atoms with E-state index in [0.717, 1.165) is 17.7 Å². The van der Waals surface area contributed by atoms with Crippen molar-refractivity contribution in [3.05, 3.63) is 53.5 Å². The molecule has 4 heteroatoms. The van der Waals surface area contributed by atoms with E-state index in [1.54, 1.807) is 12.3 Å². The van der Waals surface area contributed by atoms with Crippen LogP contribution in [0.5, 0.6) is 11.6 Å². The predicted molar refractivity (Wildman–Crippen MR) is 82.0 cm³/mol. The van der Waals surface area contributed by atoms with Crippen molar-refractivity contribution >= 4 is 0 Å². The fraction of sp³-hybridized carbons (Fsp3) is 0.353. The third-order valence-electron chi connectivity index (χ3n) is 2.99. The number of pyridine rings is 1. The van der Waals surface area contributed by atoms with Crippen molar-refractivity contribution in [1.29, 1.82) is 0 Å². The van der Waals surface area contributed by atoms with Crippen molar-refractivity contribution in [3.8, 4) is 11.6 Å². The molecule has 2 aromatic rings. The number of benzene rings is 1. The van der Waals surface area contributed by atoms with Crippen LogP contribution >= 0.6 is 0 Å². The standard InChI is InChI=1S/C17H21FN2O/c1-12-5-6-14(18)10-15(12)21-16-9-13(7-8-19-16)11-20-17(2,3)4/h5-10,20H,11H2,1-4H3. The van der Waals surface area contributed by atoms with Crippen LogP contribution in [0, 0.1) is 12.7 Å². The average Bonchev–Trinajstić information content (AvgIpc) is 2.40. The molecule has 0 bridgehead atoms. The number of halogens is 1. The van der Waals surface area contributed by atoms with E-state index in [1.165, 1.54) is 12.1 Å². The maximum atomic E-state index is 13.3. The summed E-state index contributed by atoms with van der Waals surface area (Å²) in [6, 6.07) is 8.28. The minimum Gasteiger partial charge on any atom is -0.439 e. The molecule has 1 heterocycles. The Morgan fingerprint density at radius 2 is 1.95 bits per heavy atom. The van der Waals surface area contributed by atoms with Crippen molar-refractivity contribution in [2.24, 2.45) is 0 Å². The molecule has 0 amide bonds. The normalized spacial score (nSPS) is 11.5. The molecular formula is C17H21FN2O. The molecule has 0 aliphatic carbocycles. The summed E-state index contributed by atoms with van der Waals surface area (Å²) in [5, 5.41) is 3.41. The summed E-state index contributed by atoms with van der Waals surface area (Å²) in [7, 11) is 0. The van der Waals surface area contributed by atoms with Crippen LogP contribution in [0.3, 0.4) is 0 Å². The molecule has 0 aliphatic heterocycles. The van der Waals surface area contributed by atoms with Crippen molar-refractivity contribution in [3.63, 3.8) is 0 Å². The molecule has 0 atom stereocenters. The van der Waals surface area contributed by atoms with Crippen LogP contribution in [0.1, 0.15) is 31.9 Å². The first-order chi connectivity index (χ1) is 9.83. The van der Waals surface area contributed by atoms with Crippen molar-refractivity contribution in [2.75, 3.05) is 0 Å². The van der Waals surface area contributed by atoms with E-state index in [9.17, 15) is 4.39 Å². The van der Waals surface area contributed by atoms with Gasteiger partial charge >= 0.3 is 0 Å². The lowest BCUT2D eigenvalue weighted by molar-refractivity contribution is 0.421. The van der Waals surface area contributed by atoms with Crippen LogP contribution in [0.2, 0.25) is 0 Å². The Morgan fingerprint density at radius 1 is 1.19 bits per heavy atom. The Morgan fingerprint density at radius 3 is 2.67 bits per heavy atom. The maximum Gasteiger partial charge on any atom is 0.219 e. The van der Waals surface area contributed by atoms with Gasteiger partial charge < -0.3 is 10.1 Å². The number of nitrogens with one attached hydrogen (secondary N) is 1. The molecule has 1 aromatic carbocycles. The Bertz CT molecular complexity index is 620. The van der Waals surface area contributed by atoms with Gasteiger partial charge in [0.25, 0.3) is 0 Å². The number of nitrogens with zero attached hydrogens (tertiary/aromatic N) is 1. The largest absolute Gasteiger partial charge is 0.439 e. The first-order valence-corrected chi connectivity index (χ1v) is 6.97. The second-order valence-corrected chi connectivity index (χ2v) is 6.12. The Hall–Kier alpha value is -1.94. The average molecular weight is 288 g/mol. The summed E-state index contributed by atoms with van der Waals surface area (Å²) in [4.78, 5) is 4.18. The molecule has 0 fully saturated rings. The van der Waals surface area contributed by atoms with E-state index in [-0.39, 0.29) is 11.4 Å². The van der Waals surface area contributed by atoms with Gasteiger partial charge in [0, 0.05) is 30.4 Å². The number of aromatic nitrogens is 1. The zero-order valence-electron chi connectivity index (χ0n) is 12.9. The van der Waals surface area contributed by atoms with Gasteiger partial charge in [0.1, 0.15) is 11.6 Å². The van der Waals surface area contributed by atoms with Gasteiger partial charge in [0.2, 0.25) is 5.88 Å². The number of rotatable bonds is 4. The predicted octanol–water partition coefficient (Wildman–Crippen LogP) is 4.21. The van der Waals surface area contributed by atoms with Crippen molar-refractivity contribution in [1.82, 2.24) is 10.3 Å². The SMILES string of the molecule is Cc1ccc(F)cc1Oc1cc(CNC(C)(C)C)ccn1. The van der Waals surface area contributed by atoms with Gasteiger partial charge in [-0.05, 0) is 51.0 Å². The van der Waals surface area contributed by atoms with Gasteiger partial charge in [0.15, 0.2) is 0 Å². The van der Waals surface area contributed by atoms with Gasteiger partial charge in [-0.15, -0.1) is 0 Å². The topological polar surface area (TPSA) is 34.1 Å². The summed E-state index contributed by atoms with van der Waals surface area (Å²) in [5.74, 6) is 0.640.